The van der Waals surface area contributed by atoms with Crippen LogP contribution in [0.3, 0.4) is 0 Å². The lowest BCUT2D eigenvalue weighted by Gasteiger charge is -2.31. The van der Waals surface area contributed by atoms with Crippen molar-refractivity contribution >= 4 is 17.5 Å². The first-order valence-electron chi connectivity index (χ1n) is 10.9. The predicted octanol–water partition coefficient (Wildman–Crippen LogP) is 4.87. The molecule has 2 heterocycles. The maximum absolute atomic E-state index is 13.1. The highest BCUT2D eigenvalue weighted by atomic mass is 35.5. The van der Waals surface area contributed by atoms with E-state index >= 15 is 0 Å². The number of likely N-dealkylation sites (tertiary alicyclic amines) is 1. The zero-order chi connectivity index (χ0) is 21.3. The van der Waals surface area contributed by atoms with E-state index in [0.29, 0.717) is 11.5 Å². The van der Waals surface area contributed by atoms with Gasteiger partial charge < -0.3 is 5.32 Å². The first-order valence-corrected chi connectivity index (χ1v) is 11.3. The standard InChI is InChI=1S/C24H31ClN4O/c1-16(2)8-11-28-12-9-19(10-13-28)27-24(30)21-15-26-29(23(21)18-5-6-18)20-7-4-17(3)22(25)14-20/h4,7-8,14-15,18-19H,5-6,9-13H2,1-3H3,(H,27,30). The Bertz CT molecular complexity index is 948. The van der Waals surface area contributed by atoms with Gasteiger partial charge in [0.15, 0.2) is 0 Å². The van der Waals surface area contributed by atoms with Gasteiger partial charge in [-0.15, -0.1) is 0 Å². The van der Waals surface area contributed by atoms with Gasteiger partial charge in [-0.2, -0.15) is 5.10 Å². The van der Waals surface area contributed by atoms with Crippen LogP contribution >= 0.6 is 11.6 Å². The molecule has 1 saturated heterocycles. The summed E-state index contributed by atoms with van der Waals surface area (Å²) >= 11 is 6.33. The third-order valence-electron chi connectivity index (χ3n) is 6.10. The summed E-state index contributed by atoms with van der Waals surface area (Å²) in [4.78, 5) is 15.6. The number of allylic oxidation sites excluding steroid dienone is 1. The predicted molar refractivity (Wildman–Crippen MR) is 122 cm³/mol. The van der Waals surface area contributed by atoms with Crippen molar-refractivity contribution < 1.29 is 4.79 Å². The van der Waals surface area contributed by atoms with Gasteiger partial charge in [-0.05, 0) is 64.2 Å². The largest absolute Gasteiger partial charge is 0.349 e. The molecule has 6 heteroatoms. The van der Waals surface area contributed by atoms with Crippen molar-refractivity contribution in [1.82, 2.24) is 20.0 Å². The number of halogens is 1. The Morgan fingerprint density at radius 2 is 1.97 bits per heavy atom. The van der Waals surface area contributed by atoms with Gasteiger partial charge in [-0.3, -0.25) is 9.69 Å². The molecule has 160 valence electrons. The Morgan fingerprint density at radius 3 is 2.60 bits per heavy atom. The average molecular weight is 427 g/mol. The molecule has 5 nitrogen and oxygen atoms in total. The zero-order valence-corrected chi connectivity index (χ0v) is 18.9. The van der Waals surface area contributed by atoms with Crippen LogP contribution < -0.4 is 5.32 Å². The molecule has 0 unspecified atom stereocenters. The second-order valence-corrected chi connectivity index (χ2v) is 9.30. The van der Waals surface area contributed by atoms with Crippen LogP contribution in [-0.4, -0.2) is 46.3 Å². The summed E-state index contributed by atoms with van der Waals surface area (Å²) in [5.74, 6) is 0.406. The molecule has 1 aromatic carbocycles. The number of carbonyl (C=O) groups excluding carboxylic acids is 1. The van der Waals surface area contributed by atoms with Crippen LogP contribution in [0.1, 0.15) is 67.1 Å². The van der Waals surface area contributed by atoms with E-state index in [2.05, 4.69) is 35.2 Å². The number of aromatic nitrogens is 2. The highest BCUT2D eigenvalue weighted by Gasteiger charge is 2.33. The van der Waals surface area contributed by atoms with E-state index in [0.717, 1.165) is 67.3 Å². The third-order valence-corrected chi connectivity index (χ3v) is 6.50. The number of aryl methyl sites for hydroxylation is 1. The van der Waals surface area contributed by atoms with Gasteiger partial charge in [0.25, 0.3) is 5.91 Å². The van der Waals surface area contributed by atoms with Gasteiger partial charge in [0.05, 0.1) is 23.1 Å². The molecule has 1 amide bonds. The summed E-state index contributed by atoms with van der Waals surface area (Å²) in [5, 5.41) is 8.55. The summed E-state index contributed by atoms with van der Waals surface area (Å²) < 4.78 is 1.90. The maximum Gasteiger partial charge on any atom is 0.255 e. The Balaban J connectivity index is 1.45. The first kappa shape index (κ1) is 21.1. The Kier molecular flexibility index (Phi) is 6.30. The van der Waals surface area contributed by atoms with Crippen LogP contribution in [0.5, 0.6) is 0 Å². The van der Waals surface area contributed by atoms with Crippen LogP contribution in [0.2, 0.25) is 5.02 Å². The van der Waals surface area contributed by atoms with Crippen molar-refractivity contribution in [2.45, 2.75) is 58.4 Å². The van der Waals surface area contributed by atoms with Crippen LogP contribution in [0, 0.1) is 6.92 Å². The normalized spacial score (nSPS) is 17.7. The molecule has 2 aromatic rings. The monoisotopic (exact) mass is 426 g/mol. The molecule has 1 N–H and O–H groups in total. The van der Waals surface area contributed by atoms with Crippen molar-refractivity contribution in [2.75, 3.05) is 19.6 Å². The average Bonchev–Trinajstić information content (AvgIpc) is 3.47. The number of amides is 1. The van der Waals surface area contributed by atoms with E-state index in [4.69, 9.17) is 11.6 Å². The summed E-state index contributed by atoms with van der Waals surface area (Å²) in [6.07, 6.45) is 8.18. The molecule has 0 spiro atoms. The number of piperidine rings is 1. The quantitative estimate of drug-likeness (QED) is 0.670. The van der Waals surface area contributed by atoms with Crippen LogP contribution in [0.4, 0.5) is 0 Å². The van der Waals surface area contributed by atoms with Crippen molar-refractivity contribution in [3.63, 3.8) is 0 Å². The lowest BCUT2D eigenvalue weighted by molar-refractivity contribution is 0.0913. The number of carbonyl (C=O) groups is 1. The SMILES string of the molecule is CC(C)=CCN1CCC(NC(=O)c2cnn(-c3ccc(C)c(Cl)c3)c2C2CC2)CC1. The minimum atomic E-state index is 0.00380. The molecule has 2 aliphatic rings. The molecule has 1 saturated carbocycles. The van der Waals surface area contributed by atoms with E-state index in [1.54, 1.807) is 6.20 Å². The molecule has 0 atom stereocenters. The third kappa shape index (κ3) is 4.79. The van der Waals surface area contributed by atoms with Gasteiger partial charge >= 0.3 is 0 Å². The summed E-state index contributed by atoms with van der Waals surface area (Å²) in [6, 6.07) is 6.17. The van der Waals surface area contributed by atoms with Gasteiger partial charge in [-0.25, -0.2) is 4.68 Å². The number of benzene rings is 1. The summed E-state index contributed by atoms with van der Waals surface area (Å²) in [6.45, 7) is 9.29. The van der Waals surface area contributed by atoms with E-state index in [9.17, 15) is 4.79 Å². The number of rotatable bonds is 6. The number of nitrogens with zero attached hydrogens (tertiary/aromatic N) is 3. The first-order chi connectivity index (χ1) is 14.4. The highest BCUT2D eigenvalue weighted by molar-refractivity contribution is 6.31. The zero-order valence-electron chi connectivity index (χ0n) is 18.1. The van der Waals surface area contributed by atoms with Crippen molar-refractivity contribution in [3.8, 4) is 5.69 Å². The molecule has 0 bridgehead atoms. The van der Waals surface area contributed by atoms with E-state index in [1.807, 2.05) is 29.8 Å². The molecule has 2 fully saturated rings. The topological polar surface area (TPSA) is 50.2 Å². The van der Waals surface area contributed by atoms with Crippen LogP contribution in [-0.2, 0) is 0 Å². The molecule has 30 heavy (non-hydrogen) atoms. The summed E-state index contributed by atoms with van der Waals surface area (Å²) in [7, 11) is 0. The number of nitrogens with one attached hydrogen (secondary N) is 1. The molecule has 1 aliphatic heterocycles. The lowest BCUT2D eigenvalue weighted by atomic mass is 10.0. The van der Waals surface area contributed by atoms with E-state index < -0.39 is 0 Å². The van der Waals surface area contributed by atoms with Gasteiger partial charge in [0.2, 0.25) is 0 Å². The van der Waals surface area contributed by atoms with Crippen LogP contribution in [0.15, 0.2) is 36.0 Å². The van der Waals surface area contributed by atoms with Crippen molar-refractivity contribution in [2.24, 2.45) is 0 Å². The fourth-order valence-electron chi connectivity index (χ4n) is 4.04. The fourth-order valence-corrected chi connectivity index (χ4v) is 4.21. The Labute approximate surface area is 184 Å². The van der Waals surface area contributed by atoms with Gasteiger partial charge in [0, 0.05) is 36.6 Å². The molecular formula is C24H31ClN4O. The minimum absolute atomic E-state index is 0.00380. The molecule has 4 rings (SSSR count). The Hall–Kier alpha value is -2.11. The van der Waals surface area contributed by atoms with Crippen LogP contribution in [0.25, 0.3) is 5.69 Å². The fraction of sp³-hybridized carbons (Fsp3) is 0.500. The molecule has 1 aromatic heterocycles. The Morgan fingerprint density at radius 1 is 1.23 bits per heavy atom. The highest BCUT2D eigenvalue weighted by Crippen LogP contribution is 2.42. The molecular weight excluding hydrogens is 396 g/mol. The van der Waals surface area contributed by atoms with Crippen molar-refractivity contribution in [3.05, 3.63) is 57.9 Å². The van der Waals surface area contributed by atoms with E-state index in [1.165, 1.54) is 5.57 Å². The smallest absolute Gasteiger partial charge is 0.255 e. The van der Waals surface area contributed by atoms with Gasteiger partial charge in [0.1, 0.15) is 0 Å². The summed E-state index contributed by atoms with van der Waals surface area (Å²) in [5.41, 5.74) is 5.04. The molecule has 1 aliphatic carbocycles. The number of hydrogen-bond donors (Lipinski definition) is 1. The maximum atomic E-state index is 13.1. The second-order valence-electron chi connectivity index (χ2n) is 8.89. The molecule has 0 radical (unpaired) electrons. The second kappa shape index (κ2) is 8.94. The van der Waals surface area contributed by atoms with Crippen molar-refractivity contribution in [1.29, 1.82) is 0 Å². The van der Waals surface area contributed by atoms with E-state index in [-0.39, 0.29) is 11.9 Å². The lowest BCUT2D eigenvalue weighted by Crippen LogP contribution is -2.44. The minimum Gasteiger partial charge on any atom is -0.349 e. The van der Waals surface area contributed by atoms with Gasteiger partial charge in [-0.1, -0.05) is 29.3 Å². The number of hydrogen-bond acceptors (Lipinski definition) is 3.